The molecule has 0 saturated heterocycles. The minimum Gasteiger partial charge on any atom is -0.354 e. The third-order valence-corrected chi connectivity index (χ3v) is 10.6. The molecule has 2 aliphatic rings. The van der Waals surface area contributed by atoms with Crippen LogP contribution >= 0.6 is 0 Å². The van der Waals surface area contributed by atoms with E-state index < -0.39 is 0 Å². The summed E-state index contributed by atoms with van der Waals surface area (Å²) in [5.74, 6) is 0. The van der Waals surface area contributed by atoms with Gasteiger partial charge in [-0.05, 0) is 80.6 Å². The Hall–Kier alpha value is -5.86. The van der Waals surface area contributed by atoms with Crippen molar-refractivity contribution in [2.45, 2.75) is 12.8 Å². The number of aromatic amines is 2. The number of hydrogen-bond donors (Lipinski definition) is 2. The molecule has 0 fully saturated rings. The Balaban J connectivity index is 1.26. The Morgan fingerprint density at radius 1 is 0.370 bits per heavy atom. The van der Waals surface area contributed by atoms with Crippen LogP contribution in [0.2, 0.25) is 0 Å². The van der Waals surface area contributed by atoms with E-state index in [4.69, 9.17) is 0 Å². The zero-order valence-electron chi connectivity index (χ0n) is 25.1. The molecule has 0 atom stereocenters. The van der Waals surface area contributed by atoms with Crippen LogP contribution in [-0.2, 0) is 12.8 Å². The molecule has 46 heavy (non-hydrogen) atoms. The van der Waals surface area contributed by atoms with E-state index in [0.29, 0.717) is 0 Å². The molecule has 214 valence electrons. The fraction of sp³-hybridized carbons (Fsp3) is 0.0455. The van der Waals surface area contributed by atoms with Gasteiger partial charge in [0.2, 0.25) is 0 Å². The van der Waals surface area contributed by atoms with E-state index >= 15 is 0 Å². The molecule has 2 heterocycles. The van der Waals surface area contributed by atoms with Crippen LogP contribution in [0.25, 0.3) is 88.1 Å². The van der Waals surface area contributed by atoms with E-state index in [1.165, 1.54) is 110 Å². The van der Waals surface area contributed by atoms with Crippen LogP contribution in [0.1, 0.15) is 22.3 Å². The molecule has 7 aromatic carbocycles. The van der Waals surface area contributed by atoms with E-state index in [0.717, 1.165) is 12.8 Å². The van der Waals surface area contributed by atoms with Gasteiger partial charge in [-0.3, -0.25) is 0 Å². The SMILES string of the molecule is c1ccc2c(c1)Cc1cc(-c3c4[nH]c5ccccc5c4c(-c4ccc5c(c4)Cc4ccccc4-5)c4[nH]c5ccccc5c34)ccc1-2. The molecule has 11 rings (SSSR count). The molecule has 2 nitrogen and oxygen atoms in total. The highest BCUT2D eigenvalue weighted by Gasteiger charge is 2.26. The number of benzene rings is 7. The maximum Gasteiger partial charge on any atom is 0.0558 e. The van der Waals surface area contributed by atoms with Crippen molar-refractivity contribution in [3.8, 4) is 44.5 Å². The van der Waals surface area contributed by atoms with Crippen LogP contribution in [0.15, 0.2) is 133 Å². The van der Waals surface area contributed by atoms with Gasteiger partial charge in [-0.2, -0.15) is 0 Å². The zero-order valence-corrected chi connectivity index (χ0v) is 25.1. The Bertz CT molecular complexity index is 2560. The summed E-state index contributed by atoms with van der Waals surface area (Å²) in [4.78, 5) is 7.88. The highest BCUT2D eigenvalue weighted by Crippen LogP contribution is 2.50. The van der Waals surface area contributed by atoms with Crippen LogP contribution in [0.4, 0.5) is 0 Å². The van der Waals surface area contributed by atoms with Crippen LogP contribution in [-0.4, -0.2) is 9.97 Å². The predicted molar refractivity (Wildman–Crippen MR) is 193 cm³/mol. The van der Waals surface area contributed by atoms with Crippen LogP contribution in [0.5, 0.6) is 0 Å². The van der Waals surface area contributed by atoms with Crippen molar-refractivity contribution >= 4 is 43.6 Å². The molecule has 0 radical (unpaired) electrons. The largest absolute Gasteiger partial charge is 0.354 e. The first-order valence-electron chi connectivity index (χ1n) is 16.2. The maximum absolute atomic E-state index is 3.94. The van der Waals surface area contributed by atoms with Gasteiger partial charge in [0.25, 0.3) is 0 Å². The quantitative estimate of drug-likeness (QED) is 0.203. The smallest absolute Gasteiger partial charge is 0.0558 e. The molecular formula is C44H28N2. The summed E-state index contributed by atoms with van der Waals surface area (Å²) in [5, 5.41) is 5.08. The van der Waals surface area contributed by atoms with Gasteiger partial charge in [0, 0.05) is 43.7 Å². The number of rotatable bonds is 2. The normalized spacial score (nSPS) is 13.0. The van der Waals surface area contributed by atoms with Gasteiger partial charge in [0.1, 0.15) is 0 Å². The Morgan fingerprint density at radius 2 is 0.783 bits per heavy atom. The number of H-pyrrole nitrogens is 2. The molecule has 2 N–H and O–H groups in total. The number of hydrogen-bond acceptors (Lipinski definition) is 0. The first kappa shape index (κ1) is 24.5. The first-order valence-corrected chi connectivity index (χ1v) is 16.2. The van der Waals surface area contributed by atoms with Crippen molar-refractivity contribution in [3.05, 3.63) is 156 Å². The van der Waals surface area contributed by atoms with Crippen molar-refractivity contribution in [3.63, 3.8) is 0 Å². The maximum atomic E-state index is 3.94. The van der Waals surface area contributed by atoms with Gasteiger partial charge >= 0.3 is 0 Å². The number of aromatic nitrogens is 2. The Morgan fingerprint density at radius 3 is 1.28 bits per heavy atom. The van der Waals surface area contributed by atoms with E-state index in [-0.39, 0.29) is 0 Å². The summed E-state index contributed by atoms with van der Waals surface area (Å²) >= 11 is 0. The highest BCUT2D eigenvalue weighted by atomic mass is 14.7. The van der Waals surface area contributed by atoms with Crippen LogP contribution in [0.3, 0.4) is 0 Å². The minimum absolute atomic E-state index is 0.974. The average Bonchev–Trinajstić information content (AvgIpc) is 3.86. The molecule has 0 amide bonds. The lowest BCUT2D eigenvalue weighted by molar-refractivity contribution is 1.26. The number of fused-ring (bicyclic) bond motifs is 12. The Labute approximate surface area is 266 Å². The predicted octanol–water partition coefficient (Wildman–Crippen LogP) is 11.4. The summed E-state index contributed by atoms with van der Waals surface area (Å²) in [6.07, 6.45) is 1.95. The van der Waals surface area contributed by atoms with Crippen LogP contribution in [0, 0.1) is 0 Å². The lowest BCUT2D eigenvalue weighted by Gasteiger charge is -2.15. The van der Waals surface area contributed by atoms with Gasteiger partial charge in [-0.1, -0.05) is 121 Å². The molecule has 0 unspecified atom stereocenters. The fourth-order valence-corrected chi connectivity index (χ4v) is 8.61. The van der Waals surface area contributed by atoms with E-state index in [1.807, 2.05) is 0 Å². The highest BCUT2D eigenvalue weighted by molar-refractivity contribution is 6.31. The summed E-state index contributed by atoms with van der Waals surface area (Å²) < 4.78 is 0. The van der Waals surface area contributed by atoms with Gasteiger partial charge in [-0.25, -0.2) is 0 Å². The van der Waals surface area contributed by atoms with E-state index in [2.05, 4.69) is 143 Å². The van der Waals surface area contributed by atoms with Crippen LogP contribution < -0.4 is 0 Å². The molecule has 9 aromatic rings. The molecule has 0 bridgehead atoms. The first-order chi connectivity index (χ1) is 22.8. The van der Waals surface area contributed by atoms with Crippen molar-refractivity contribution < 1.29 is 0 Å². The average molecular weight is 585 g/mol. The lowest BCUT2D eigenvalue weighted by Crippen LogP contribution is -1.91. The van der Waals surface area contributed by atoms with Gasteiger partial charge in [0.15, 0.2) is 0 Å². The van der Waals surface area contributed by atoms with Crippen molar-refractivity contribution in [2.75, 3.05) is 0 Å². The summed E-state index contributed by atoms with van der Waals surface area (Å²) in [6, 6.07) is 49.6. The summed E-state index contributed by atoms with van der Waals surface area (Å²) in [7, 11) is 0. The second-order valence-corrected chi connectivity index (χ2v) is 13.0. The molecule has 2 heteroatoms. The van der Waals surface area contributed by atoms with Gasteiger partial charge in [0.05, 0.1) is 11.0 Å². The van der Waals surface area contributed by atoms with Crippen molar-refractivity contribution in [1.29, 1.82) is 0 Å². The van der Waals surface area contributed by atoms with Crippen molar-refractivity contribution in [2.24, 2.45) is 0 Å². The molecule has 2 aromatic heterocycles. The third kappa shape index (κ3) is 3.20. The lowest BCUT2D eigenvalue weighted by atomic mass is 9.88. The minimum atomic E-state index is 0.974. The summed E-state index contributed by atoms with van der Waals surface area (Å²) in [5.41, 5.74) is 20.9. The van der Waals surface area contributed by atoms with Crippen molar-refractivity contribution in [1.82, 2.24) is 9.97 Å². The second-order valence-electron chi connectivity index (χ2n) is 13.0. The molecule has 0 saturated carbocycles. The fourth-order valence-electron chi connectivity index (χ4n) is 8.61. The summed E-state index contributed by atoms with van der Waals surface area (Å²) in [6.45, 7) is 0. The standard InChI is InChI=1S/C44H28N2/c1-3-11-31-25(9-1)21-29-23-27(17-19-33(29)31)39-41-35-13-5-7-15-37(35)46-44(41)40(42-36-14-6-8-16-38(36)45-43(39)42)28-18-20-34-30(24-28)22-26-10-2-4-12-32(26)34/h1-20,23-24,45-46H,21-22H2. The molecule has 0 spiro atoms. The zero-order chi connectivity index (χ0) is 29.9. The Kier molecular flexibility index (Phi) is 4.71. The third-order valence-electron chi connectivity index (χ3n) is 10.6. The number of para-hydroxylation sites is 2. The number of nitrogens with one attached hydrogen (secondary N) is 2. The monoisotopic (exact) mass is 584 g/mol. The van der Waals surface area contributed by atoms with E-state index in [9.17, 15) is 0 Å². The topological polar surface area (TPSA) is 31.6 Å². The molecule has 0 aliphatic heterocycles. The van der Waals surface area contributed by atoms with Gasteiger partial charge < -0.3 is 9.97 Å². The molecule has 2 aliphatic carbocycles. The molecular weight excluding hydrogens is 556 g/mol. The van der Waals surface area contributed by atoms with Gasteiger partial charge in [-0.15, -0.1) is 0 Å². The second kappa shape index (κ2) is 8.87. The van der Waals surface area contributed by atoms with E-state index in [1.54, 1.807) is 0 Å².